The van der Waals surface area contributed by atoms with Crippen molar-refractivity contribution >= 4 is 29.7 Å². The number of rotatable bonds is 8. The number of imide groups is 2. The summed E-state index contributed by atoms with van der Waals surface area (Å²) in [5.41, 5.74) is 0.451. The number of hydrogen-bond acceptors (Lipinski definition) is 6. The fourth-order valence-corrected chi connectivity index (χ4v) is 2.98. The van der Waals surface area contributed by atoms with E-state index in [-0.39, 0.29) is 29.4 Å². The number of hydrogen-bond donors (Lipinski definition) is 2. The van der Waals surface area contributed by atoms with Gasteiger partial charge >= 0.3 is 12.0 Å². The van der Waals surface area contributed by atoms with Crippen LogP contribution in [0.1, 0.15) is 54.8 Å². The van der Waals surface area contributed by atoms with Crippen LogP contribution >= 0.6 is 0 Å². The van der Waals surface area contributed by atoms with Gasteiger partial charge in [-0.15, -0.1) is 0 Å². The summed E-state index contributed by atoms with van der Waals surface area (Å²) in [6.07, 6.45) is 0.181. The van der Waals surface area contributed by atoms with Crippen molar-refractivity contribution in [2.45, 2.75) is 40.2 Å². The molecule has 0 saturated carbocycles. The Morgan fingerprint density at radius 3 is 2.03 bits per heavy atom. The Morgan fingerprint density at radius 2 is 1.53 bits per heavy atom. The second-order valence-corrected chi connectivity index (χ2v) is 7.93. The fraction of sp³-hybridized carbons (Fsp3) is 0.476. The number of nitrogens with one attached hydrogen (secondary N) is 2. The molecule has 9 nitrogen and oxygen atoms in total. The zero-order valence-corrected chi connectivity index (χ0v) is 17.6. The van der Waals surface area contributed by atoms with Crippen LogP contribution in [0.5, 0.6) is 0 Å². The number of carbonyl (C=O) groups excluding carboxylic acids is 5. The first kappa shape index (κ1) is 23.1. The molecule has 5 amide bonds. The lowest BCUT2D eigenvalue weighted by molar-refractivity contribution is -0.152. The van der Waals surface area contributed by atoms with Crippen molar-refractivity contribution in [1.29, 1.82) is 0 Å². The highest BCUT2D eigenvalue weighted by atomic mass is 16.5. The van der Waals surface area contributed by atoms with E-state index in [1.807, 2.05) is 27.7 Å². The van der Waals surface area contributed by atoms with Crippen LogP contribution in [-0.4, -0.2) is 53.8 Å². The van der Waals surface area contributed by atoms with Gasteiger partial charge in [0, 0.05) is 6.54 Å². The Morgan fingerprint density at radius 1 is 0.967 bits per heavy atom. The SMILES string of the molecule is CC(C)CNC(=O)NC(=O)COC(=O)[C@@H](CC(C)C)N1C(=O)c2ccccc2C1=O. The van der Waals surface area contributed by atoms with Crippen LogP contribution in [-0.2, 0) is 14.3 Å². The molecule has 0 fully saturated rings. The smallest absolute Gasteiger partial charge is 0.329 e. The van der Waals surface area contributed by atoms with E-state index in [0.717, 1.165) is 4.90 Å². The number of carbonyl (C=O) groups is 5. The van der Waals surface area contributed by atoms with Crippen molar-refractivity contribution in [3.63, 3.8) is 0 Å². The molecule has 2 N–H and O–H groups in total. The van der Waals surface area contributed by atoms with Crippen LogP contribution < -0.4 is 10.6 Å². The van der Waals surface area contributed by atoms with Crippen molar-refractivity contribution < 1.29 is 28.7 Å². The number of fused-ring (bicyclic) bond motifs is 1. The number of urea groups is 1. The summed E-state index contributed by atoms with van der Waals surface area (Å²) >= 11 is 0. The predicted octanol–water partition coefficient (Wildman–Crippen LogP) is 1.72. The molecule has 162 valence electrons. The van der Waals surface area contributed by atoms with E-state index in [1.54, 1.807) is 12.1 Å². The second-order valence-electron chi connectivity index (χ2n) is 7.93. The molecule has 1 aliphatic heterocycles. The van der Waals surface area contributed by atoms with Crippen molar-refractivity contribution in [1.82, 2.24) is 15.5 Å². The lowest BCUT2D eigenvalue weighted by Crippen LogP contribution is -2.47. The molecule has 1 atom stereocenters. The van der Waals surface area contributed by atoms with E-state index in [9.17, 15) is 24.0 Å². The van der Waals surface area contributed by atoms with Gasteiger partial charge in [-0.25, -0.2) is 9.59 Å². The van der Waals surface area contributed by atoms with Crippen molar-refractivity contribution in [2.75, 3.05) is 13.2 Å². The fourth-order valence-electron chi connectivity index (χ4n) is 2.98. The van der Waals surface area contributed by atoms with Crippen LogP contribution in [0.4, 0.5) is 4.79 Å². The quantitative estimate of drug-likeness (QED) is 0.491. The number of nitrogens with zero attached hydrogens (tertiary/aromatic N) is 1. The Hall–Kier alpha value is -3.23. The number of benzene rings is 1. The van der Waals surface area contributed by atoms with Crippen LogP contribution in [0.2, 0.25) is 0 Å². The van der Waals surface area contributed by atoms with Gasteiger partial charge in [0.05, 0.1) is 11.1 Å². The largest absolute Gasteiger partial charge is 0.454 e. The van der Waals surface area contributed by atoms with Gasteiger partial charge in [-0.05, 0) is 30.4 Å². The van der Waals surface area contributed by atoms with Gasteiger partial charge in [0.2, 0.25) is 0 Å². The van der Waals surface area contributed by atoms with Gasteiger partial charge < -0.3 is 10.1 Å². The van der Waals surface area contributed by atoms with Crippen LogP contribution in [0.3, 0.4) is 0 Å². The van der Waals surface area contributed by atoms with Crippen molar-refractivity contribution in [3.8, 4) is 0 Å². The highest BCUT2D eigenvalue weighted by Crippen LogP contribution is 2.27. The number of esters is 1. The lowest BCUT2D eigenvalue weighted by Gasteiger charge is -2.25. The maximum absolute atomic E-state index is 12.7. The molecular formula is C21H27N3O6. The molecule has 9 heteroatoms. The summed E-state index contributed by atoms with van der Waals surface area (Å²) in [5, 5.41) is 4.56. The maximum Gasteiger partial charge on any atom is 0.329 e. The van der Waals surface area contributed by atoms with Crippen molar-refractivity contribution in [3.05, 3.63) is 35.4 Å². The van der Waals surface area contributed by atoms with Gasteiger partial charge in [-0.1, -0.05) is 39.8 Å². The molecule has 0 radical (unpaired) electrons. The van der Waals surface area contributed by atoms with E-state index < -0.39 is 42.4 Å². The summed E-state index contributed by atoms with van der Waals surface area (Å²) in [6.45, 7) is 7.16. The van der Waals surface area contributed by atoms with Crippen LogP contribution in [0.15, 0.2) is 24.3 Å². The average molecular weight is 417 g/mol. The van der Waals surface area contributed by atoms with Gasteiger partial charge in [0.1, 0.15) is 6.04 Å². The topological polar surface area (TPSA) is 122 Å². The molecule has 2 rings (SSSR count). The first-order valence-corrected chi connectivity index (χ1v) is 9.83. The summed E-state index contributed by atoms with van der Waals surface area (Å²) in [5.74, 6) is -2.65. The maximum atomic E-state index is 12.7. The summed E-state index contributed by atoms with van der Waals surface area (Å²) in [6, 6.07) is 4.46. The first-order valence-electron chi connectivity index (χ1n) is 9.83. The van der Waals surface area contributed by atoms with Crippen molar-refractivity contribution in [2.24, 2.45) is 11.8 Å². The zero-order chi connectivity index (χ0) is 22.4. The van der Waals surface area contributed by atoms with E-state index in [1.165, 1.54) is 12.1 Å². The third-order valence-electron chi connectivity index (χ3n) is 4.37. The molecule has 0 unspecified atom stereocenters. The van der Waals surface area contributed by atoms with Gasteiger partial charge in [0.25, 0.3) is 17.7 Å². The standard InChI is InChI=1S/C21H27N3O6/c1-12(2)9-16(24-18(26)14-7-5-6-8-15(14)19(24)27)20(28)30-11-17(25)23-21(29)22-10-13(3)4/h5-8,12-13,16H,9-11H2,1-4H3,(H2,22,23,25,29)/t16-/m1/s1. The van der Waals surface area contributed by atoms with E-state index >= 15 is 0 Å². The third kappa shape index (κ3) is 5.65. The van der Waals surface area contributed by atoms with Crippen LogP contribution in [0, 0.1) is 11.8 Å². The van der Waals surface area contributed by atoms with Crippen LogP contribution in [0.25, 0.3) is 0 Å². The summed E-state index contributed by atoms with van der Waals surface area (Å²) in [7, 11) is 0. The molecule has 1 heterocycles. The number of ether oxygens (including phenoxy) is 1. The summed E-state index contributed by atoms with van der Waals surface area (Å²) in [4.78, 5) is 62.5. The minimum Gasteiger partial charge on any atom is -0.454 e. The molecule has 1 aromatic carbocycles. The lowest BCUT2D eigenvalue weighted by atomic mass is 10.0. The number of amides is 5. The molecule has 1 aromatic rings. The van der Waals surface area contributed by atoms with Gasteiger partial charge in [-0.3, -0.25) is 24.6 Å². The molecule has 0 bridgehead atoms. The highest BCUT2D eigenvalue weighted by Gasteiger charge is 2.43. The van der Waals surface area contributed by atoms with Gasteiger partial charge in [0.15, 0.2) is 6.61 Å². The molecule has 0 aliphatic carbocycles. The van der Waals surface area contributed by atoms with E-state index in [0.29, 0.717) is 6.54 Å². The molecule has 0 saturated heterocycles. The normalized spacial score (nSPS) is 14.0. The van der Waals surface area contributed by atoms with Gasteiger partial charge in [-0.2, -0.15) is 0 Å². The summed E-state index contributed by atoms with van der Waals surface area (Å²) < 4.78 is 5.02. The third-order valence-corrected chi connectivity index (χ3v) is 4.37. The zero-order valence-electron chi connectivity index (χ0n) is 17.6. The first-order chi connectivity index (χ1) is 14.1. The Bertz CT molecular complexity index is 814. The molecule has 1 aliphatic rings. The molecule has 0 aromatic heterocycles. The van der Waals surface area contributed by atoms with E-state index in [2.05, 4.69) is 10.6 Å². The Labute approximate surface area is 175 Å². The predicted molar refractivity (Wildman–Crippen MR) is 108 cm³/mol. The molecule has 0 spiro atoms. The minimum atomic E-state index is -1.17. The van der Waals surface area contributed by atoms with E-state index in [4.69, 9.17) is 4.74 Å². The average Bonchev–Trinajstić information content (AvgIpc) is 2.93. The molecular weight excluding hydrogens is 390 g/mol. The molecule has 30 heavy (non-hydrogen) atoms. The minimum absolute atomic E-state index is 0.0255. The monoisotopic (exact) mass is 417 g/mol. The Kier molecular flexibility index (Phi) is 7.68. The second kappa shape index (κ2) is 10.00. The Balaban J connectivity index is 2.03. The highest BCUT2D eigenvalue weighted by molar-refractivity contribution is 6.22.